The Labute approximate surface area is 82.1 Å². The van der Waals surface area contributed by atoms with Crippen molar-refractivity contribution in [2.75, 3.05) is 0 Å². The van der Waals surface area contributed by atoms with Gasteiger partial charge in [0.1, 0.15) is 0 Å². The summed E-state index contributed by atoms with van der Waals surface area (Å²) in [5.41, 5.74) is 2.17. The average Bonchev–Trinajstić information content (AvgIpc) is 2.08. The van der Waals surface area contributed by atoms with E-state index in [4.69, 9.17) is 0 Å². The van der Waals surface area contributed by atoms with Gasteiger partial charge in [-0.15, -0.1) is 0 Å². The summed E-state index contributed by atoms with van der Waals surface area (Å²) in [6.07, 6.45) is 1.76. The fourth-order valence-electron chi connectivity index (χ4n) is 0.876. The zero-order chi connectivity index (χ0) is 9.68. The van der Waals surface area contributed by atoms with Crippen LogP contribution >= 0.6 is 11.9 Å². The molecule has 0 saturated carbocycles. The molecule has 0 saturated heterocycles. The summed E-state index contributed by atoms with van der Waals surface area (Å²) in [7, 11) is 0. The molecule has 0 aromatic carbocycles. The van der Waals surface area contributed by atoms with Crippen molar-refractivity contribution in [1.82, 2.24) is 9.71 Å². The zero-order valence-electron chi connectivity index (χ0n) is 7.70. The monoisotopic (exact) mass is 196 g/mol. The summed E-state index contributed by atoms with van der Waals surface area (Å²) in [6.45, 7) is 3.51. The molecule has 0 aliphatic heterocycles. The highest BCUT2D eigenvalue weighted by atomic mass is 32.2. The van der Waals surface area contributed by atoms with Crippen molar-refractivity contribution in [2.45, 2.75) is 19.6 Å². The number of hydrogen-bond donors (Lipinski definition) is 1. The van der Waals surface area contributed by atoms with E-state index in [1.165, 1.54) is 18.9 Å². The Hall–Kier alpha value is -1.03. The number of nitrogens with one attached hydrogen (secondary N) is 1. The van der Waals surface area contributed by atoms with E-state index in [1.807, 2.05) is 19.1 Å². The largest absolute Gasteiger partial charge is 0.300 e. The van der Waals surface area contributed by atoms with E-state index < -0.39 is 0 Å². The number of aryl methyl sites for hydroxylation is 1. The highest BCUT2D eigenvalue weighted by molar-refractivity contribution is 7.97. The maximum Gasteiger partial charge on any atom is 0.226 e. The Balaban J connectivity index is 2.45. The first kappa shape index (κ1) is 10.1. The number of carbonyl (C=O) groups excluding carboxylic acids is 1. The Morgan fingerprint density at radius 1 is 1.69 bits per heavy atom. The van der Waals surface area contributed by atoms with Crippen LogP contribution in [0.25, 0.3) is 0 Å². The molecule has 0 atom stereocenters. The number of nitrogens with zero attached hydrogens (tertiary/aromatic N) is 1. The summed E-state index contributed by atoms with van der Waals surface area (Å²) in [5, 5.41) is 0. The zero-order valence-corrected chi connectivity index (χ0v) is 8.52. The highest BCUT2D eigenvalue weighted by Crippen LogP contribution is 2.10. The first-order chi connectivity index (χ1) is 6.20. The van der Waals surface area contributed by atoms with Gasteiger partial charge < -0.3 is 4.72 Å². The van der Waals surface area contributed by atoms with Gasteiger partial charge in [-0.05, 0) is 30.5 Å². The topological polar surface area (TPSA) is 42.0 Å². The van der Waals surface area contributed by atoms with Gasteiger partial charge in [-0.2, -0.15) is 0 Å². The molecule has 1 aromatic heterocycles. The van der Waals surface area contributed by atoms with Gasteiger partial charge in [0, 0.05) is 13.1 Å². The molecule has 0 spiro atoms. The molecule has 1 amide bonds. The molecule has 70 valence electrons. The van der Waals surface area contributed by atoms with Gasteiger partial charge in [0.2, 0.25) is 5.91 Å². The molecule has 3 nitrogen and oxygen atoms in total. The Morgan fingerprint density at radius 3 is 3.08 bits per heavy atom. The molecule has 1 aromatic rings. The van der Waals surface area contributed by atoms with Gasteiger partial charge >= 0.3 is 0 Å². The van der Waals surface area contributed by atoms with Crippen molar-refractivity contribution < 1.29 is 4.79 Å². The summed E-state index contributed by atoms with van der Waals surface area (Å²) >= 11 is 1.37. The van der Waals surface area contributed by atoms with E-state index in [0.29, 0.717) is 5.75 Å². The summed E-state index contributed by atoms with van der Waals surface area (Å²) in [6, 6.07) is 3.92. The fourth-order valence-corrected chi connectivity index (χ4v) is 1.59. The predicted octanol–water partition coefficient (Wildman–Crippen LogP) is 1.67. The minimum Gasteiger partial charge on any atom is -0.300 e. The summed E-state index contributed by atoms with van der Waals surface area (Å²) in [4.78, 5) is 14.8. The van der Waals surface area contributed by atoms with E-state index in [1.54, 1.807) is 6.20 Å². The summed E-state index contributed by atoms with van der Waals surface area (Å²) < 4.78 is 2.66. The van der Waals surface area contributed by atoms with Crippen LogP contribution in [-0.2, 0) is 10.5 Å². The van der Waals surface area contributed by atoms with Gasteiger partial charge in [0.25, 0.3) is 0 Å². The molecule has 1 heterocycles. The van der Waals surface area contributed by atoms with Crippen LogP contribution < -0.4 is 4.72 Å². The molecule has 0 bridgehead atoms. The maximum absolute atomic E-state index is 10.6. The number of carbonyl (C=O) groups is 1. The van der Waals surface area contributed by atoms with E-state index >= 15 is 0 Å². The summed E-state index contributed by atoms with van der Waals surface area (Å²) in [5.74, 6) is 0.685. The van der Waals surface area contributed by atoms with Crippen LogP contribution in [0.1, 0.15) is 18.2 Å². The van der Waals surface area contributed by atoms with Crippen LogP contribution in [0.3, 0.4) is 0 Å². The second-order valence-corrected chi connectivity index (χ2v) is 3.50. The van der Waals surface area contributed by atoms with Crippen molar-refractivity contribution in [1.29, 1.82) is 0 Å². The number of hydrogen-bond acceptors (Lipinski definition) is 3. The third kappa shape index (κ3) is 3.46. The van der Waals surface area contributed by atoms with Gasteiger partial charge in [-0.3, -0.25) is 9.78 Å². The molecule has 1 N–H and O–H groups in total. The van der Waals surface area contributed by atoms with Crippen molar-refractivity contribution in [3.05, 3.63) is 29.6 Å². The molecule has 0 aliphatic carbocycles. The number of amides is 1. The number of aromatic nitrogens is 1. The van der Waals surface area contributed by atoms with E-state index in [0.717, 1.165) is 11.3 Å². The minimum absolute atomic E-state index is 0.0291. The van der Waals surface area contributed by atoms with Crippen LogP contribution in [0.2, 0.25) is 0 Å². The van der Waals surface area contributed by atoms with Crippen LogP contribution in [0, 0.1) is 6.92 Å². The smallest absolute Gasteiger partial charge is 0.226 e. The minimum atomic E-state index is -0.0291. The third-order valence-electron chi connectivity index (χ3n) is 1.54. The first-order valence-corrected chi connectivity index (χ1v) is 4.97. The molecule has 4 heteroatoms. The molecule has 1 rings (SSSR count). The van der Waals surface area contributed by atoms with Gasteiger partial charge in [0.05, 0.1) is 11.4 Å². The molecule has 0 aliphatic rings. The molecule has 13 heavy (non-hydrogen) atoms. The van der Waals surface area contributed by atoms with Gasteiger partial charge in [0.15, 0.2) is 0 Å². The van der Waals surface area contributed by atoms with E-state index in [9.17, 15) is 4.79 Å². The van der Waals surface area contributed by atoms with E-state index in [-0.39, 0.29) is 5.91 Å². The third-order valence-corrected chi connectivity index (χ3v) is 2.39. The Kier molecular flexibility index (Phi) is 3.76. The lowest BCUT2D eigenvalue weighted by atomic mass is 10.2. The Morgan fingerprint density at radius 2 is 2.46 bits per heavy atom. The second-order valence-electron chi connectivity index (χ2n) is 2.71. The van der Waals surface area contributed by atoms with Crippen LogP contribution in [-0.4, -0.2) is 10.9 Å². The number of rotatable bonds is 3. The van der Waals surface area contributed by atoms with Crippen molar-refractivity contribution in [2.24, 2.45) is 0 Å². The molecular formula is C9H12N2OS. The van der Waals surface area contributed by atoms with Gasteiger partial charge in [-0.25, -0.2) is 0 Å². The predicted molar refractivity (Wildman–Crippen MR) is 54.1 cm³/mol. The van der Waals surface area contributed by atoms with E-state index in [2.05, 4.69) is 9.71 Å². The van der Waals surface area contributed by atoms with Gasteiger partial charge in [-0.1, -0.05) is 6.07 Å². The Bertz CT molecular complexity index is 301. The van der Waals surface area contributed by atoms with Crippen molar-refractivity contribution in [3.8, 4) is 0 Å². The first-order valence-electron chi connectivity index (χ1n) is 3.99. The lowest BCUT2D eigenvalue weighted by Crippen LogP contribution is -2.10. The quantitative estimate of drug-likeness (QED) is 0.748. The second kappa shape index (κ2) is 4.87. The SMILES string of the molecule is CC(=O)NSCc1ncccc1C. The lowest BCUT2D eigenvalue weighted by Gasteiger charge is -2.03. The lowest BCUT2D eigenvalue weighted by molar-refractivity contribution is -0.117. The average molecular weight is 196 g/mol. The van der Waals surface area contributed by atoms with Crippen molar-refractivity contribution in [3.63, 3.8) is 0 Å². The fraction of sp³-hybridized carbons (Fsp3) is 0.333. The van der Waals surface area contributed by atoms with Crippen LogP contribution in [0.15, 0.2) is 18.3 Å². The molecular weight excluding hydrogens is 184 g/mol. The normalized spacial score (nSPS) is 9.69. The molecule has 0 radical (unpaired) electrons. The van der Waals surface area contributed by atoms with Crippen molar-refractivity contribution >= 4 is 17.9 Å². The highest BCUT2D eigenvalue weighted by Gasteiger charge is 1.99. The molecule has 0 unspecified atom stereocenters. The molecule has 0 fully saturated rings. The standard InChI is InChI=1S/C9H12N2OS/c1-7-4-3-5-10-9(7)6-13-11-8(2)12/h3-5H,6H2,1-2H3,(H,11,12). The number of pyridine rings is 1. The maximum atomic E-state index is 10.6. The van der Waals surface area contributed by atoms with Crippen LogP contribution in [0.5, 0.6) is 0 Å². The van der Waals surface area contributed by atoms with Crippen LogP contribution in [0.4, 0.5) is 0 Å².